The van der Waals surface area contributed by atoms with Crippen molar-refractivity contribution in [3.05, 3.63) is 27.6 Å². The lowest BCUT2D eigenvalue weighted by Gasteiger charge is -2.37. The van der Waals surface area contributed by atoms with Gasteiger partial charge in [-0.2, -0.15) is 0 Å². The zero-order valence-electron chi connectivity index (χ0n) is 11.6. The summed E-state index contributed by atoms with van der Waals surface area (Å²) in [6, 6.07) is 2.29. The van der Waals surface area contributed by atoms with Gasteiger partial charge >= 0.3 is 0 Å². The van der Waals surface area contributed by atoms with Gasteiger partial charge in [-0.1, -0.05) is 6.92 Å². The molecule has 6 heteroatoms. The van der Waals surface area contributed by atoms with Gasteiger partial charge in [-0.25, -0.2) is 4.98 Å². The highest BCUT2D eigenvalue weighted by atomic mass is 32.1. The van der Waals surface area contributed by atoms with Crippen LogP contribution < -0.4 is 11.3 Å². The summed E-state index contributed by atoms with van der Waals surface area (Å²) in [6.07, 6.45) is 2.31. The summed E-state index contributed by atoms with van der Waals surface area (Å²) >= 11 is 1.43. The van der Waals surface area contributed by atoms with Crippen molar-refractivity contribution in [2.45, 2.75) is 32.4 Å². The molecule has 1 saturated heterocycles. The molecule has 0 saturated carbocycles. The molecule has 0 aromatic carbocycles. The first-order valence-corrected chi connectivity index (χ1v) is 7.96. The molecular weight excluding hydrogens is 272 g/mol. The molecule has 3 rings (SSSR count). The Morgan fingerprint density at radius 2 is 2.45 bits per heavy atom. The molecule has 0 radical (unpaired) electrons. The van der Waals surface area contributed by atoms with E-state index in [2.05, 4.69) is 21.8 Å². The highest BCUT2D eigenvalue weighted by Gasteiger charge is 2.25. The standard InChI is InChI=1S/C14H20N4OS/c1-9-2-4-18(10(6-9)7-15)8-12-16-11-3-5-20-13(11)14(19)17-12/h3,5,9-10H,2,4,6-8,15H2,1H3,(H,16,17,19). The zero-order chi connectivity index (χ0) is 14.1. The number of H-pyrrole nitrogens is 1. The van der Waals surface area contributed by atoms with Crippen molar-refractivity contribution in [1.29, 1.82) is 0 Å². The number of likely N-dealkylation sites (tertiary alicyclic amines) is 1. The zero-order valence-corrected chi connectivity index (χ0v) is 12.4. The van der Waals surface area contributed by atoms with Crippen LogP contribution in [-0.2, 0) is 6.54 Å². The van der Waals surface area contributed by atoms with Gasteiger partial charge < -0.3 is 10.7 Å². The van der Waals surface area contributed by atoms with Crippen LogP contribution in [0.4, 0.5) is 0 Å². The minimum Gasteiger partial charge on any atom is -0.329 e. The summed E-state index contributed by atoms with van der Waals surface area (Å²) < 4.78 is 0.705. The lowest BCUT2D eigenvalue weighted by Crippen LogP contribution is -2.46. The summed E-state index contributed by atoms with van der Waals surface area (Å²) in [5.41, 5.74) is 6.64. The molecule has 5 nitrogen and oxygen atoms in total. The first-order chi connectivity index (χ1) is 9.67. The van der Waals surface area contributed by atoms with E-state index in [-0.39, 0.29) is 5.56 Å². The number of hydrogen-bond acceptors (Lipinski definition) is 5. The maximum absolute atomic E-state index is 12.0. The van der Waals surface area contributed by atoms with Crippen molar-refractivity contribution in [1.82, 2.24) is 14.9 Å². The fraction of sp³-hybridized carbons (Fsp3) is 0.571. The summed E-state index contributed by atoms with van der Waals surface area (Å²) in [7, 11) is 0. The highest BCUT2D eigenvalue weighted by Crippen LogP contribution is 2.23. The fourth-order valence-electron chi connectivity index (χ4n) is 2.94. The number of thiophene rings is 1. The predicted molar refractivity (Wildman–Crippen MR) is 81.9 cm³/mol. The molecule has 0 spiro atoms. The molecule has 1 aliphatic rings. The molecule has 0 aliphatic carbocycles. The minimum absolute atomic E-state index is 0.0327. The number of aromatic nitrogens is 2. The SMILES string of the molecule is CC1CCN(Cc2nc3ccsc3c(=O)[nH]2)C(CN)C1. The number of nitrogens with zero attached hydrogens (tertiary/aromatic N) is 2. The maximum Gasteiger partial charge on any atom is 0.268 e. The smallest absolute Gasteiger partial charge is 0.268 e. The Balaban J connectivity index is 1.83. The van der Waals surface area contributed by atoms with Crippen molar-refractivity contribution >= 4 is 21.6 Å². The number of rotatable bonds is 3. The number of piperidine rings is 1. The van der Waals surface area contributed by atoms with E-state index < -0.39 is 0 Å². The van der Waals surface area contributed by atoms with Crippen molar-refractivity contribution in [2.75, 3.05) is 13.1 Å². The van der Waals surface area contributed by atoms with Crippen LogP contribution in [0.2, 0.25) is 0 Å². The van der Waals surface area contributed by atoms with Gasteiger partial charge in [0.2, 0.25) is 0 Å². The molecule has 0 bridgehead atoms. The molecule has 3 N–H and O–H groups in total. The number of aromatic amines is 1. The Hall–Kier alpha value is -1.24. The van der Waals surface area contributed by atoms with Crippen LogP contribution in [-0.4, -0.2) is 34.0 Å². The number of hydrogen-bond donors (Lipinski definition) is 2. The largest absolute Gasteiger partial charge is 0.329 e. The van der Waals surface area contributed by atoms with E-state index in [1.54, 1.807) is 0 Å². The summed E-state index contributed by atoms with van der Waals surface area (Å²) in [5, 5.41) is 1.90. The van der Waals surface area contributed by atoms with Crippen LogP contribution in [0.15, 0.2) is 16.2 Å². The molecule has 108 valence electrons. The third-order valence-corrected chi connectivity index (χ3v) is 4.99. The van der Waals surface area contributed by atoms with Gasteiger partial charge in [0.05, 0.1) is 12.1 Å². The van der Waals surface area contributed by atoms with E-state index in [0.717, 1.165) is 30.2 Å². The van der Waals surface area contributed by atoms with Gasteiger partial charge in [-0.15, -0.1) is 11.3 Å². The minimum atomic E-state index is -0.0327. The summed E-state index contributed by atoms with van der Waals surface area (Å²) in [5.74, 6) is 1.47. The molecule has 2 aromatic heterocycles. The first kappa shape index (κ1) is 13.7. The topological polar surface area (TPSA) is 75.0 Å². The third-order valence-electron chi connectivity index (χ3n) is 4.09. The van der Waals surface area contributed by atoms with Crippen LogP contribution in [0.5, 0.6) is 0 Å². The normalized spacial score (nSPS) is 24.3. The van der Waals surface area contributed by atoms with E-state index in [0.29, 0.717) is 23.8 Å². The lowest BCUT2D eigenvalue weighted by molar-refractivity contribution is 0.112. The molecule has 2 atom stereocenters. The highest BCUT2D eigenvalue weighted by molar-refractivity contribution is 7.17. The predicted octanol–water partition coefficient (Wildman–Crippen LogP) is 1.54. The second kappa shape index (κ2) is 5.63. The summed E-state index contributed by atoms with van der Waals surface area (Å²) in [4.78, 5) is 21.8. The number of nitrogens with one attached hydrogen (secondary N) is 1. The van der Waals surface area contributed by atoms with Crippen LogP contribution in [0.25, 0.3) is 10.2 Å². The van der Waals surface area contributed by atoms with Crippen molar-refractivity contribution in [2.24, 2.45) is 11.7 Å². The van der Waals surface area contributed by atoms with E-state index in [1.165, 1.54) is 17.8 Å². The quantitative estimate of drug-likeness (QED) is 0.900. The van der Waals surface area contributed by atoms with Gasteiger partial charge in [0.1, 0.15) is 10.5 Å². The molecule has 2 unspecified atom stereocenters. The number of fused-ring (bicyclic) bond motifs is 1. The third kappa shape index (κ3) is 2.63. The Bertz CT molecular complexity index is 650. The van der Waals surface area contributed by atoms with E-state index in [4.69, 9.17) is 5.73 Å². The summed E-state index contributed by atoms with van der Waals surface area (Å²) in [6.45, 7) is 4.64. The molecule has 3 heterocycles. The van der Waals surface area contributed by atoms with Crippen molar-refractivity contribution in [3.8, 4) is 0 Å². The lowest BCUT2D eigenvalue weighted by atomic mass is 9.92. The van der Waals surface area contributed by atoms with Gasteiger partial charge in [-0.3, -0.25) is 9.69 Å². The molecule has 1 fully saturated rings. The van der Waals surface area contributed by atoms with Gasteiger partial charge in [-0.05, 0) is 36.8 Å². The van der Waals surface area contributed by atoms with E-state index >= 15 is 0 Å². The van der Waals surface area contributed by atoms with Crippen molar-refractivity contribution < 1.29 is 0 Å². The Labute approximate surface area is 121 Å². The molecular formula is C14H20N4OS. The average molecular weight is 292 g/mol. The van der Waals surface area contributed by atoms with Crippen LogP contribution in [0.1, 0.15) is 25.6 Å². The van der Waals surface area contributed by atoms with Crippen molar-refractivity contribution in [3.63, 3.8) is 0 Å². The average Bonchev–Trinajstić information content (AvgIpc) is 2.89. The van der Waals surface area contributed by atoms with Crippen LogP contribution in [0, 0.1) is 5.92 Å². The first-order valence-electron chi connectivity index (χ1n) is 7.08. The monoisotopic (exact) mass is 292 g/mol. The second-order valence-corrected chi connectivity index (χ2v) is 6.55. The van der Waals surface area contributed by atoms with Gasteiger partial charge in [0.15, 0.2) is 0 Å². The van der Waals surface area contributed by atoms with Crippen LogP contribution in [0.3, 0.4) is 0 Å². The molecule has 0 amide bonds. The number of nitrogens with two attached hydrogens (primary N) is 1. The Morgan fingerprint density at radius 3 is 3.25 bits per heavy atom. The molecule has 2 aromatic rings. The van der Waals surface area contributed by atoms with Crippen LogP contribution >= 0.6 is 11.3 Å². The Kier molecular flexibility index (Phi) is 3.87. The van der Waals surface area contributed by atoms with E-state index in [1.807, 2.05) is 11.4 Å². The van der Waals surface area contributed by atoms with E-state index in [9.17, 15) is 4.79 Å². The fourth-order valence-corrected chi connectivity index (χ4v) is 3.67. The van der Waals surface area contributed by atoms with Gasteiger partial charge in [0, 0.05) is 12.6 Å². The molecule has 1 aliphatic heterocycles. The van der Waals surface area contributed by atoms with Gasteiger partial charge in [0.25, 0.3) is 5.56 Å². The second-order valence-electron chi connectivity index (χ2n) is 5.64. The maximum atomic E-state index is 12.0. The molecule has 20 heavy (non-hydrogen) atoms. The Morgan fingerprint density at radius 1 is 1.60 bits per heavy atom.